The fourth-order valence-electron chi connectivity index (χ4n) is 1.53. The van der Waals surface area contributed by atoms with Gasteiger partial charge in [0.15, 0.2) is 13.3 Å². The van der Waals surface area contributed by atoms with E-state index in [0.717, 1.165) is 25.7 Å². The molecule has 5 nitrogen and oxygen atoms in total. The Bertz CT molecular complexity index is 273. The van der Waals surface area contributed by atoms with Crippen LogP contribution in [0.4, 0.5) is 8.78 Å². The van der Waals surface area contributed by atoms with Crippen LogP contribution in [0.1, 0.15) is 32.1 Å². The zero-order valence-corrected chi connectivity index (χ0v) is 9.86. The Hall–Kier alpha value is -1.53. The maximum Gasteiger partial charge on any atom is 0.345 e. The van der Waals surface area contributed by atoms with Gasteiger partial charge >= 0.3 is 17.9 Å². The molecule has 0 bridgehead atoms. The number of ether oxygens (including phenoxy) is 1. The number of aliphatic carboxylic acids is 1. The molecule has 104 valence electrons. The summed E-state index contributed by atoms with van der Waals surface area (Å²) in [5.41, 5.74) is 0. The number of carboxylic acids is 1. The van der Waals surface area contributed by atoms with Crippen molar-refractivity contribution in [3.05, 3.63) is 0 Å². The first kappa shape index (κ1) is 16.5. The van der Waals surface area contributed by atoms with Gasteiger partial charge in [0.2, 0.25) is 0 Å². The van der Waals surface area contributed by atoms with Gasteiger partial charge in [0.1, 0.15) is 0 Å². The van der Waals surface area contributed by atoms with Crippen LogP contribution in [0, 0.1) is 5.92 Å². The molecule has 0 amide bonds. The highest BCUT2D eigenvalue weighted by Crippen LogP contribution is 2.23. The fraction of sp³-hybridized carbons (Fsp3) is 0.727. The molecule has 1 aliphatic rings. The molecule has 1 fully saturated rings. The summed E-state index contributed by atoms with van der Waals surface area (Å²) in [5, 5.41) is 8.54. The molecule has 1 aliphatic carbocycles. The second-order valence-corrected chi connectivity index (χ2v) is 3.79. The third-order valence-electron chi connectivity index (χ3n) is 2.40. The molecule has 0 aromatic rings. The van der Waals surface area contributed by atoms with E-state index in [-0.39, 0.29) is 5.92 Å². The van der Waals surface area contributed by atoms with E-state index in [4.69, 9.17) is 5.11 Å². The van der Waals surface area contributed by atoms with E-state index in [9.17, 15) is 23.2 Å². The van der Waals surface area contributed by atoms with Crippen LogP contribution in [0.3, 0.4) is 0 Å². The number of carbonyl (C=O) groups is 3. The first-order valence-electron chi connectivity index (χ1n) is 5.59. The van der Waals surface area contributed by atoms with Gasteiger partial charge in [-0.25, -0.2) is 18.4 Å². The number of halogens is 2. The molecular weight excluding hydrogens is 250 g/mol. The van der Waals surface area contributed by atoms with Gasteiger partial charge < -0.3 is 9.84 Å². The second-order valence-electron chi connectivity index (χ2n) is 3.79. The SMILES string of the molecule is O=C(CF)OC(=O)CF.O=C(O)C1CCCCC1. The Morgan fingerprint density at radius 1 is 1.00 bits per heavy atom. The Kier molecular flexibility index (Phi) is 8.69. The van der Waals surface area contributed by atoms with Gasteiger partial charge in [0, 0.05) is 0 Å². The van der Waals surface area contributed by atoms with Crippen LogP contribution in [0.5, 0.6) is 0 Å². The van der Waals surface area contributed by atoms with Gasteiger partial charge in [-0.15, -0.1) is 0 Å². The molecular formula is C11H16F2O5. The van der Waals surface area contributed by atoms with E-state index >= 15 is 0 Å². The third-order valence-corrected chi connectivity index (χ3v) is 2.40. The molecule has 1 rings (SSSR count). The molecule has 0 aliphatic heterocycles. The number of carbonyl (C=O) groups excluding carboxylic acids is 2. The normalized spacial score (nSPS) is 15.2. The molecule has 7 heteroatoms. The second kappa shape index (κ2) is 9.49. The van der Waals surface area contributed by atoms with Crippen LogP contribution in [-0.4, -0.2) is 36.4 Å². The molecule has 0 heterocycles. The lowest BCUT2D eigenvalue weighted by Crippen LogP contribution is -2.16. The highest BCUT2D eigenvalue weighted by molar-refractivity contribution is 5.86. The van der Waals surface area contributed by atoms with Crippen LogP contribution in [0.15, 0.2) is 0 Å². The van der Waals surface area contributed by atoms with Crippen molar-refractivity contribution in [2.45, 2.75) is 32.1 Å². The minimum Gasteiger partial charge on any atom is -0.481 e. The summed E-state index contributed by atoms with van der Waals surface area (Å²) < 4.78 is 25.8. The van der Waals surface area contributed by atoms with Crippen molar-refractivity contribution in [2.24, 2.45) is 5.92 Å². The van der Waals surface area contributed by atoms with Crippen molar-refractivity contribution < 1.29 is 33.0 Å². The van der Waals surface area contributed by atoms with Gasteiger partial charge in [0.05, 0.1) is 5.92 Å². The molecule has 0 radical (unpaired) electrons. The fourth-order valence-corrected chi connectivity index (χ4v) is 1.53. The maximum atomic E-state index is 11.1. The topological polar surface area (TPSA) is 80.7 Å². The van der Waals surface area contributed by atoms with Crippen LogP contribution in [-0.2, 0) is 19.1 Å². The summed E-state index contributed by atoms with van der Waals surface area (Å²) >= 11 is 0. The Morgan fingerprint density at radius 2 is 1.44 bits per heavy atom. The molecule has 18 heavy (non-hydrogen) atoms. The average molecular weight is 266 g/mol. The quantitative estimate of drug-likeness (QED) is 0.620. The number of hydrogen-bond donors (Lipinski definition) is 1. The smallest absolute Gasteiger partial charge is 0.345 e. The summed E-state index contributed by atoms with van der Waals surface area (Å²) in [7, 11) is 0. The standard InChI is InChI=1S/C7H12O2.C4H4F2O3/c8-7(9)6-4-2-1-3-5-6;5-1-3(7)9-4(8)2-6/h6H,1-5H2,(H,8,9);1-2H2. The molecule has 1 N–H and O–H groups in total. The highest BCUT2D eigenvalue weighted by atomic mass is 19.1. The first-order chi connectivity index (χ1) is 8.51. The average Bonchev–Trinajstić information content (AvgIpc) is 2.40. The molecule has 0 aromatic carbocycles. The van der Waals surface area contributed by atoms with Gasteiger partial charge in [-0.1, -0.05) is 19.3 Å². The van der Waals surface area contributed by atoms with Gasteiger partial charge in [0.25, 0.3) is 0 Å². The number of carboxylic acid groups (broad SMARTS) is 1. The summed E-state index contributed by atoms with van der Waals surface area (Å²) in [4.78, 5) is 29.9. The molecule has 0 atom stereocenters. The number of esters is 2. The van der Waals surface area contributed by atoms with Crippen molar-refractivity contribution in [1.82, 2.24) is 0 Å². The lowest BCUT2D eigenvalue weighted by atomic mass is 9.90. The molecule has 0 spiro atoms. The van der Waals surface area contributed by atoms with E-state index in [0.29, 0.717) is 0 Å². The van der Waals surface area contributed by atoms with Gasteiger partial charge in [-0.05, 0) is 12.8 Å². The van der Waals surface area contributed by atoms with Crippen LogP contribution >= 0.6 is 0 Å². The summed E-state index contributed by atoms with van der Waals surface area (Å²) in [6.07, 6.45) is 5.24. The van der Waals surface area contributed by atoms with Crippen LogP contribution < -0.4 is 0 Å². The van der Waals surface area contributed by atoms with E-state index in [1.54, 1.807) is 0 Å². The van der Waals surface area contributed by atoms with E-state index in [2.05, 4.69) is 4.74 Å². The van der Waals surface area contributed by atoms with Crippen LogP contribution in [0.2, 0.25) is 0 Å². The summed E-state index contributed by atoms with van der Waals surface area (Å²) in [5.74, 6) is -3.36. The van der Waals surface area contributed by atoms with E-state index in [1.165, 1.54) is 6.42 Å². The van der Waals surface area contributed by atoms with Crippen molar-refractivity contribution >= 4 is 17.9 Å². The van der Waals surface area contributed by atoms with E-state index < -0.39 is 31.3 Å². The predicted octanol–water partition coefficient (Wildman–Crippen LogP) is 1.65. The number of alkyl halides is 2. The molecule has 0 aromatic heterocycles. The van der Waals surface area contributed by atoms with Crippen molar-refractivity contribution in [3.63, 3.8) is 0 Å². The van der Waals surface area contributed by atoms with Crippen molar-refractivity contribution in [1.29, 1.82) is 0 Å². The zero-order valence-electron chi connectivity index (χ0n) is 9.86. The monoisotopic (exact) mass is 266 g/mol. The number of hydrogen-bond acceptors (Lipinski definition) is 4. The Balaban J connectivity index is 0.000000321. The highest BCUT2D eigenvalue weighted by Gasteiger charge is 2.19. The largest absolute Gasteiger partial charge is 0.481 e. The van der Waals surface area contributed by atoms with E-state index in [1.807, 2.05) is 0 Å². The molecule has 1 saturated carbocycles. The minimum atomic E-state index is -1.41. The minimum absolute atomic E-state index is 0.0289. The third kappa shape index (κ3) is 7.70. The lowest BCUT2D eigenvalue weighted by molar-refractivity contribution is -0.160. The molecule has 0 unspecified atom stereocenters. The van der Waals surface area contributed by atoms with Crippen LogP contribution in [0.25, 0.3) is 0 Å². The Labute approximate surface area is 103 Å². The summed E-state index contributed by atoms with van der Waals surface area (Å²) in [6.45, 7) is -2.82. The summed E-state index contributed by atoms with van der Waals surface area (Å²) in [6, 6.07) is 0. The lowest BCUT2D eigenvalue weighted by Gasteiger charge is -2.16. The maximum absolute atomic E-state index is 11.1. The predicted molar refractivity (Wildman–Crippen MR) is 57.3 cm³/mol. The van der Waals surface area contributed by atoms with Gasteiger partial charge in [-0.2, -0.15) is 0 Å². The zero-order chi connectivity index (χ0) is 14.0. The first-order valence-corrected chi connectivity index (χ1v) is 5.59. The Morgan fingerprint density at radius 3 is 1.72 bits per heavy atom. The van der Waals surface area contributed by atoms with Gasteiger partial charge in [-0.3, -0.25) is 4.79 Å². The van der Waals surface area contributed by atoms with Crippen molar-refractivity contribution in [3.8, 4) is 0 Å². The molecule has 0 saturated heterocycles. The number of rotatable bonds is 3. The van der Waals surface area contributed by atoms with Crippen molar-refractivity contribution in [2.75, 3.05) is 13.3 Å².